The van der Waals surface area contributed by atoms with Crippen molar-refractivity contribution in [1.29, 1.82) is 0 Å². The van der Waals surface area contributed by atoms with E-state index in [-0.39, 0.29) is 24.9 Å². The van der Waals surface area contributed by atoms with Gasteiger partial charge in [-0.1, -0.05) is 18.2 Å². The summed E-state index contributed by atoms with van der Waals surface area (Å²) in [5, 5.41) is 16.4. The molecule has 0 saturated heterocycles. The Bertz CT molecular complexity index is 783. The number of carboxylic acid groups (broad SMARTS) is 1. The van der Waals surface area contributed by atoms with E-state index in [0.717, 1.165) is 11.3 Å². The fourth-order valence-corrected chi connectivity index (χ4v) is 2.86. The molecule has 0 aliphatic carbocycles. The first-order valence-corrected chi connectivity index (χ1v) is 8.52. The van der Waals surface area contributed by atoms with Gasteiger partial charge in [-0.05, 0) is 38.8 Å². The van der Waals surface area contributed by atoms with E-state index in [2.05, 4.69) is 10.4 Å². The molecule has 7 heteroatoms. The standard InChI is InChI=1S/C19H25N3O4/c1-12(2)22-13(3)16(11-21-22)18(23)20-10-15(19(24)25)9-14-7-5-6-8-17(14)26-4/h5-8,11-12,15H,9-10H2,1-4H3,(H,20,23)(H,24,25). The van der Waals surface area contributed by atoms with E-state index >= 15 is 0 Å². The maximum atomic E-state index is 12.4. The average molecular weight is 359 g/mol. The number of para-hydroxylation sites is 1. The molecule has 2 N–H and O–H groups in total. The molecule has 0 aliphatic heterocycles. The Labute approximate surface area is 153 Å². The second-order valence-corrected chi connectivity index (χ2v) is 6.44. The number of benzene rings is 1. The van der Waals surface area contributed by atoms with Crippen molar-refractivity contribution in [3.8, 4) is 5.75 Å². The van der Waals surface area contributed by atoms with Crippen LogP contribution in [0.1, 0.15) is 41.5 Å². The molecule has 1 amide bonds. The van der Waals surface area contributed by atoms with Gasteiger partial charge >= 0.3 is 5.97 Å². The van der Waals surface area contributed by atoms with E-state index in [4.69, 9.17) is 4.74 Å². The monoisotopic (exact) mass is 359 g/mol. The molecule has 0 aliphatic rings. The predicted molar refractivity (Wildman–Crippen MR) is 97.5 cm³/mol. The van der Waals surface area contributed by atoms with E-state index in [1.165, 1.54) is 6.20 Å². The third-order valence-corrected chi connectivity index (χ3v) is 4.30. The van der Waals surface area contributed by atoms with Crippen LogP contribution in [0.5, 0.6) is 5.75 Å². The van der Waals surface area contributed by atoms with Crippen molar-refractivity contribution in [3.05, 3.63) is 47.3 Å². The maximum absolute atomic E-state index is 12.4. The number of nitrogens with one attached hydrogen (secondary N) is 1. The average Bonchev–Trinajstić information content (AvgIpc) is 3.00. The van der Waals surface area contributed by atoms with Gasteiger partial charge in [0.05, 0.1) is 24.8 Å². The Morgan fingerprint density at radius 1 is 1.31 bits per heavy atom. The number of methoxy groups -OCH3 is 1. The molecule has 0 radical (unpaired) electrons. The van der Waals surface area contributed by atoms with Gasteiger partial charge in [0.1, 0.15) is 5.75 Å². The number of amides is 1. The van der Waals surface area contributed by atoms with Gasteiger partial charge < -0.3 is 15.2 Å². The van der Waals surface area contributed by atoms with Crippen molar-refractivity contribution >= 4 is 11.9 Å². The Hall–Kier alpha value is -2.83. The van der Waals surface area contributed by atoms with Crippen molar-refractivity contribution in [2.45, 2.75) is 33.2 Å². The van der Waals surface area contributed by atoms with Crippen LogP contribution in [-0.2, 0) is 11.2 Å². The van der Waals surface area contributed by atoms with Crippen LogP contribution in [0.15, 0.2) is 30.5 Å². The summed E-state index contributed by atoms with van der Waals surface area (Å²) in [4.78, 5) is 24.0. The van der Waals surface area contributed by atoms with Crippen molar-refractivity contribution in [2.75, 3.05) is 13.7 Å². The number of hydrogen-bond donors (Lipinski definition) is 2. The minimum atomic E-state index is -0.967. The molecule has 1 atom stereocenters. The van der Waals surface area contributed by atoms with Crippen molar-refractivity contribution in [3.63, 3.8) is 0 Å². The number of nitrogens with zero attached hydrogens (tertiary/aromatic N) is 2. The first kappa shape index (κ1) is 19.5. The van der Waals surface area contributed by atoms with E-state index in [9.17, 15) is 14.7 Å². The first-order valence-electron chi connectivity index (χ1n) is 8.52. The molecule has 1 heterocycles. The molecule has 7 nitrogen and oxygen atoms in total. The number of hydrogen-bond acceptors (Lipinski definition) is 4. The fourth-order valence-electron chi connectivity index (χ4n) is 2.86. The van der Waals surface area contributed by atoms with Crippen LogP contribution in [0.2, 0.25) is 0 Å². The van der Waals surface area contributed by atoms with Gasteiger partial charge in [-0.15, -0.1) is 0 Å². The molecule has 1 aromatic carbocycles. The third-order valence-electron chi connectivity index (χ3n) is 4.30. The molecule has 0 saturated carbocycles. The molecule has 26 heavy (non-hydrogen) atoms. The fraction of sp³-hybridized carbons (Fsp3) is 0.421. The number of carbonyl (C=O) groups excluding carboxylic acids is 1. The molecule has 140 valence electrons. The number of aromatic nitrogens is 2. The first-order chi connectivity index (χ1) is 12.3. The van der Waals surface area contributed by atoms with E-state index in [1.54, 1.807) is 17.9 Å². The molecular weight excluding hydrogens is 334 g/mol. The molecule has 0 fully saturated rings. The SMILES string of the molecule is COc1ccccc1CC(CNC(=O)c1cnn(C(C)C)c1C)C(=O)O. The molecule has 2 aromatic rings. The number of carbonyl (C=O) groups is 2. The Balaban J connectivity index is 2.07. The quantitative estimate of drug-likeness (QED) is 0.755. The number of aliphatic carboxylic acids is 1. The number of ether oxygens (including phenoxy) is 1. The van der Waals surface area contributed by atoms with Gasteiger partial charge in [-0.2, -0.15) is 5.10 Å². The van der Waals surface area contributed by atoms with Gasteiger partial charge in [0.25, 0.3) is 5.91 Å². The minimum absolute atomic E-state index is 0.0263. The highest BCUT2D eigenvalue weighted by molar-refractivity contribution is 5.95. The zero-order chi connectivity index (χ0) is 19.3. The van der Waals surface area contributed by atoms with Gasteiger partial charge in [0.15, 0.2) is 0 Å². The van der Waals surface area contributed by atoms with Crippen LogP contribution in [-0.4, -0.2) is 40.4 Å². The van der Waals surface area contributed by atoms with Crippen LogP contribution in [0.3, 0.4) is 0 Å². The predicted octanol–water partition coefficient (Wildman–Crippen LogP) is 2.45. The summed E-state index contributed by atoms with van der Waals surface area (Å²) in [6.45, 7) is 5.81. The van der Waals surface area contributed by atoms with Gasteiger partial charge in [0, 0.05) is 18.3 Å². The van der Waals surface area contributed by atoms with Crippen molar-refractivity contribution in [1.82, 2.24) is 15.1 Å². The lowest BCUT2D eigenvalue weighted by Crippen LogP contribution is -2.34. The molecule has 1 aromatic heterocycles. The topological polar surface area (TPSA) is 93.5 Å². The third kappa shape index (κ3) is 4.41. The molecular formula is C19H25N3O4. The zero-order valence-corrected chi connectivity index (χ0v) is 15.5. The number of rotatable bonds is 8. The number of carboxylic acids is 1. The Morgan fingerprint density at radius 3 is 2.58 bits per heavy atom. The maximum Gasteiger partial charge on any atom is 0.308 e. The molecule has 0 bridgehead atoms. The van der Waals surface area contributed by atoms with Gasteiger partial charge in [-0.25, -0.2) is 0 Å². The summed E-state index contributed by atoms with van der Waals surface area (Å²) < 4.78 is 7.03. The lowest BCUT2D eigenvalue weighted by Gasteiger charge is -2.15. The van der Waals surface area contributed by atoms with E-state index < -0.39 is 11.9 Å². The molecule has 2 rings (SSSR count). The summed E-state index contributed by atoms with van der Waals surface area (Å²) in [5.41, 5.74) is 2.01. The van der Waals surface area contributed by atoms with Crippen LogP contribution < -0.4 is 10.1 Å². The summed E-state index contributed by atoms with van der Waals surface area (Å²) >= 11 is 0. The van der Waals surface area contributed by atoms with Crippen LogP contribution >= 0.6 is 0 Å². The summed E-state index contributed by atoms with van der Waals surface area (Å²) in [6, 6.07) is 7.42. The van der Waals surface area contributed by atoms with E-state index in [0.29, 0.717) is 11.3 Å². The van der Waals surface area contributed by atoms with Crippen LogP contribution in [0.4, 0.5) is 0 Å². The zero-order valence-electron chi connectivity index (χ0n) is 15.5. The van der Waals surface area contributed by atoms with Crippen molar-refractivity contribution < 1.29 is 19.4 Å². The summed E-state index contributed by atoms with van der Waals surface area (Å²) in [7, 11) is 1.55. The second-order valence-electron chi connectivity index (χ2n) is 6.44. The van der Waals surface area contributed by atoms with Gasteiger partial charge in [-0.3, -0.25) is 14.3 Å². The summed E-state index contributed by atoms with van der Waals surface area (Å²) in [5.74, 6) is -1.40. The second kappa shape index (κ2) is 8.51. The minimum Gasteiger partial charge on any atom is -0.496 e. The lowest BCUT2D eigenvalue weighted by molar-refractivity contribution is -0.141. The lowest BCUT2D eigenvalue weighted by atomic mass is 9.98. The highest BCUT2D eigenvalue weighted by Crippen LogP contribution is 2.21. The highest BCUT2D eigenvalue weighted by Gasteiger charge is 2.22. The highest BCUT2D eigenvalue weighted by atomic mass is 16.5. The van der Waals surface area contributed by atoms with Gasteiger partial charge in [0.2, 0.25) is 0 Å². The summed E-state index contributed by atoms with van der Waals surface area (Å²) in [6.07, 6.45) is 1.78. The Morgan fingerprint density at radius 2 is 2.00 bits per heavy atom. The smallest absolute Gasteiger partial charge is 0.308 e. The van der Waals surface area contributed by atoms with E-state index in [1.807, 2.05) is 39.0 Å². The normalized spacial score (nSPS) is 12.0. The van der Waals surface area contributed by atoms with Crippen molar-refractivity contribution in [2.24, 2.45) is 5.92 Å². The molecule has 1 unspecified atom stereocenters. The largest absolute Gasteiger partial charge is 0.496 e. The molecule has 0 spiro atoms. The van der Waals surface area contributed by atoms with Crippen LogP contribution in [0.25, 0.3) is 0 Å². The Kier molecular flexibility index (Phi) is 6.38. The van der Waals surface area contributed by atoms with Crippen LogP contribution in [0, 0.1) is 12.8 Å².